The molecule has 5 nitrogen and oxygen atoms in total. The number of rotatable bonds is 6. The maximum Gasteiger partial charge on any atom is 0.417 e. The number of carbonyl (C=O) groups is 1. The van der Waals surface area contributed by atoms with Gasteiger partial charge in [-0.25, -0.2) is 9.97 Å². The summed E-state index contributed by atoms with van der Waals surface area (Å²) < 4.78 is 42.2. The lowest BCUT2D eigenvalue weighted by Crippen LogP contribution is -2.36. The van der Waals surface area contributed by atoms with Crippen molar-refractivity contribution in [2.75, 3.05) is 18.0 Å². The zero-order valence-electron chi connectivity index (χ0n) is 19.4. The zero-order valence-corrected chi connectivity index (χ0v) is 20.2. The highest BCUT2D eigenvalue weighted by atomic mass is 32.2. The van der Waals surface area contributed by atoms with E-state index in [1.54, 1.807) is 12.1 Å². The fourth-order valence-corrected chi connectivity index (χ4v) is 5.43. The number of nitrogens with zero attached hydrogens (tertiary/aromatic N) is 3. The first-order chi connectivity index (χ1) is 16.6. The highest BCUT2D eigenvalue weighted by Gasteiger charge is 2.34. The first-order valence-electron chi connectivity index (χ1n) is 11.4. The number of carboxylic acids is 1. The van der Waals surface area contributed by atoms with Crippen molar-refractivity contribution < 1.29 is 23.1 Å². The van der Waals surface area contributed by atoms with Crippen LogP contribution in [-0.2, 0) is 11.0 Å². The Morgan fingerprint density at radius 2 is 1.77 bits per heavy atom. The molecule has 2 heterocycles. The van der Waals surface area contributed by atoms with Gasteiger partial charge in [0.1, 0.15) is 12.1 Å². The third-order valence-corrected chi connectivity index (χ3v) is 7.33. The molecule has 3 aromatic rings. The molecule has 0 unspecified atom stereocenters. The van der Waals surface area contributed by atoms with Gasteiger partial charge in [0, 0.05) is 34.5 Å². The minimum atomic E-state index is -4.53. The fourth-order valence-electron chi connectivity index (χ4n) is 4.20. The lowest BCUT2D eigenvalue weighted by molar-refractivity contribution is -0.142. The minimum Gasteiger partial charge on any atom is -0.481 e. The maximum absolute atomic E-state index is 14.1. The summed E-state index contributed by atoms with van der Waals surface area (Å²) in [5.74, 6) is -0.418. The van der Waals surface area contributed by atoms with Crippen LogP contribution >= 0.6 is 11.8 Å². The molecular formula is C26H26F3N3O2S. The Hall–Kier alpha value is -3.07. The van der Waals surface area contributed by atoms with Crippen LogP contribution in [0.15, 0.2) is 64.6 Å². The van der Waals surface area contributed by atoms with Crippen molar-refractivity contribution in [2.24, 2.45) is 5.92 Å². The molecule has 0 saturated carbocycles. The minimum absolute atomic E-state index is 0.138. The monoisotopic (exact) mass is 501 g/mol. The molecule has 1 saturated heterocycles. The van der Waals surface area contributed by atoms with E-state index in [4.69, 9.17) is 0 Å². The van der Waals surface area contributed by atoms with E-state index in [1.165, 1.54) is 12.4 Å². The average Bonchev–Trinajstić information content (AvgIpc) is 2.84. The molecule has 4 rings (SSSR count). The first-order valence-corrected chi connectivity index (χ1v) is 12.2. The number of piperidine rings is 1. The van der Waals surface area contributed by atoms with Gasteiger partial charge in [-0.15, -0.1) is 0 Å². The van der Waals surface area contributed by atoms with Gasteiger partial charge < -0.3 is 10.0 Å². The number of benzene rings is 2. The molecule has 9 heteroatoms. The molecule has 1 N–H and O–H groups in total. The Morgan fingerprint density at radius 3 is 2.43 bits per heavy atom. The molecule has 1 aliphatic heterocycles. The summed E-state index contributed by atoms with van der Waals surface area (Å²) >= 11 is 1.12. The van der Waals surface area contributed by atoms with E-state index in [0.29, 0.717) is 43.0 Å². The van der Waals surface area contributed by atoms with Crippen LogP contribution in [-0.4, -0.2) is 34.1 Å². The molecule has 1 aromatic heterocycles. The Morgan fingerprint density at radius 1 is 1.06 bits per heavy atom. The van der Waals surface area contributed by atoms with E-state index >= 15 is 0 Å². The maximum atomic E-state index is 14.1. The van der Waals surface area contributed by atoms with Crippen molar-refractivity contribution in [3.63, 3.8) is 0 Å². The molecule has 0 atom stereocenters. The van der Waals surface area contributed by atoms with Crippen molar-refractivity contribution >= 4 is 23.5 Å². The average molecular weight is 502 g/mol. The van der Waals surface area contributed by atoms with E-state index in [-0.39, 0.29) is 16.7 Å². The predicted molar refractivity (Wildman–Crippen MR) is 130 cm³/mol. The number of aromatic nitrogens is 2. The molecule has 184 valence electrons. The van der Waals surface area contributed by atoms with Gasteiger partial charge in [0.05, 0.1) is 17.2 Å². The van der Waals surface area contributed by atoms with Gasteiger partial charge in [-0.2, -0.15) is 13.2 Å². The van der Waals surface area contributed by atoms with Gasteiger partial charge >= 0.3 is 12.1 Å². The van der Waals surface area contributed by atoms with E-state index in [1.807, 2.05) is 43.0 Å². The van der Waals surface area contributed by atoms with Crippen LogP contribution in [0.4, 0.5) is 19.0 Å². The number of hydrogen-bond acceptors (Lipinski definition) is 5. The summed E-state index contributed by atoms with van der Waals surface area (Å²) in [4.78, 5) is 22.6. The zero-order chi connectivity index (χ0) is 25.2. The molecule has 0 radical (unpaired) electrons. The topological polar surface area (TPSA) is 66.3 Å². The van der Waals surface area contributed by atoms with E-state index in [2.05, 4.69) is 9.97 Å². The highest BCUT2D eigenvalue weighted by molar-refractivity contribution is 7.99. The fraction of sp³-hybridized carbons (Fsp3) is 0.346. The third-order valence-electron chi connectivity index (χ3n) is 6.16. The van der Waals surface area contributed by atoms with Crippen molar-refractivity contribution in [1.82, 2.24) is 9.97 Å². The Labute approximate surface area is 206 Å². The largest absolute Gasteiger partial charge is 0.481 e. The van der Waals surface area contributed by atoms with Crippen LogP contribution in [0.1, 0.15) is 43.7 Å². The lowest BCUT2D eigenvalue weighted by atomic mass is 9.97. The van der Waals surface area contributed by atoms with Crippen LogP contribution in [0.25, 0.3) is 11.3 Å². The van der Waals surface area contributed by atoms with Crippen molar-refractivity contribution in [2.45, 2.75) is 48.6 Å². The summed E-state index contributed by atoms with van der Waals surface area (Å²) in [5, 5.41) is 9.20. The Bertz CT molecular complexity index is 1210. The van der Waals surface area contributed by atoms with Crippen LogP contribution in [0.5, 0.6) is 0 Å². The molecule has 0 bridgehead atoms. The summed E-state index contributed by atoms with van der Waals surface area (Å²) in [6, 6.07) is 13.5. The number of hydrogen-bond donors (Lipinski definition) is 1. The number of aliphatic carboxylic acids is 1. The van der Waals surface area contributed by atoms with Gasteiger partial charge in [-0.1, -0.05) is 49.9 Å². The van der Waals surface area contributed by atoms with Gasteiger partial charge in [0.15, 0.2) is 0 Å². The van der Waals surface area contributed by atoms with E-state index in [9.17, 15) is 23.1 Å². The molecule has 1 fully saturated rings. The highest BCUT2D eigenvalue weighted by Crippen LogP contribution is 2.43. The number of carboxylic acid groups (broad SMARTS) is 1. The van der Waals surface area contributed by atoms with Gasteiger partial charge in [-0.05, 0) is 42.5 Å². The molecule has 0 spiro atoms. The van der Waals surface area contributed by atoms with E-state index in [0.717, 1.165) is 28.3 Å². The van der Waals surface area contributed by atoms with Crippen molar-refractivity contribution in [3.8, 4) is 11.3 Å². The third kappa shape index (κ3) is 5.78. The van der Waals surface area contributed by atoms with E-state index < -0.39 is 17.7 Å². The van der Waals surface area contributed by atoms with Crippen LogP contribution in [0.3, 0.4) is 0 Å². The molecule has 35 heavy (non-hydrogen) atoms. The quantitative estimate of drug-likeness (QED) is 0.404. The van der Waals surface area contributed by atoms with Crippen molar-refractivity contribution in [3.05, 3.63) is 66.0 Å². The smallest absolute Gasteiger partial charge is 0.417 e. The summed E-state index contributed by atoms with van der Waals surface area (Å²) in [7, 11) is 0. The van der Waals surface area contributed by atoms with Gasteiger partial charge in [-0.3, -0.25) is 4.79 Å². The van der Waals surface area contributed by atoms with Crippen molar-refractivity contribution in [1.29, 1.82) is 0 Å². The Kier molecular flexibility index (Phi) is 7.35. The van der Waals surface area contributed by atoms with Crippen LogP contribution < -0.4 is 4.90 Å². The number of anilines is 1. The first kappa shape index (κ1) is 25.0. The SMILES string of the molecule is CC(C)c1ccccc1Sc1ccc(-c2cc(N3CCC(C(=O)O)CC3)ncn2)cc1C(F)(F)F. The summed E-state index contributed by atoms with van der Waals surface area (Å²) in [6.45, 7) is 5.08. The second-order valence-electron chi connectivity index (χ2n) is 8.86. The predicted octanol–water partition coefficient (Wildman–Crippen LogP) is 6.74. The van der Waals surface area contributed by atoms with Crippen LogP contribution in [0, 0.1) is 5.92 Å². The summed E-state index contributed by atoms with van der Waals surface area (Å²) in [5.41, 5.74) is 1.03. The molecule has 0 amide bonds. The molecule has 2 aromatic carbocycles. The lowest BCUT2D eigenvalue weighted by Gasteiger charge is -2.31. The van der Waals surface area contributed by atoms with Gasteiger partial charge in [0.25, 0.3) is 0 Å². The normalized spacial score (nSPS) is 15.0. The second-order valence-corrected chi connectivity index (χ2v) is 9.95. The number of halogens is 3. The number of alkyl halides is 3. The standard InChI is InChI=1S/C26H26F3N3O2S/c1-16(2)19-5-3-4-6-22(19)35-23-8-7-18(13-20(23)26(27,28)29)21-14-24(31-15-30-21)32-11-9-17(10-12-32)25(33)34/h3-8,13-17H,9-12H2,1-2H3,(H,33,34). The second kappa shape index (κ2) is 10.3. The Balaban J connectivity index is 1.64. The molecule has 1 aliphatic rings. The van der Waals surface area contributed by atoms with Gasteiger partial charge in [0.2, 0.25) is 0 Å². The molecular weight excluding hydrogens is 475 g/mol. The molecule has 0 aliphatic carbocycles. The summed E-state index contributed by atoms with van der Waals surface area (Å²) in [6.07, 6.45) is -2.20. The van der Waals surface area contributed by atoms with Crippen LogP contribution in [0.2, 0.25) is 0 Å².